The van der Waals surface area contributed by atoms with E-state index in [1.165, 1.54) is 18.4 Å². The van der Waals surface area contributed by atoms with E-state index in [0.717, 1.165) is 12.8 Å². The number of rotatable bonds is 4. The molecule has 0 saturated heterocycles. The van der Waals surface area contributed by atoms with Gasteiger partial charge in [-0.3, -0.25) is 9.48 Å². The molecule has 22 heavy (non-hydrogen) atoms. The molecule has 2 unspecified atom stereocenters. The van der Waals surface area contributed by atoms with Gasteiger partial charge in [-0.05, 0) is 24.3 Å². The summed E-state index contributed by atoms with van der Waals surface area (Å²) >= 11 is 0. The number of nitrogens with zero attached hydrogens (tertiary/aromatic N) is 2. The predicted octanol–water partition coefficient (Wildman–Crippen LogP) is 3.24. The van der Waals surface area contributed by atoms with Gasteiger partial charge in [-0.15, -0.1) is 0 Å². The van der Waals surface area contributed by atoms with E-state index in [1.807, 2.05) is 29.1 Å². The third-order valence-electron chi connectivity index (χ3n) is 4.35. The first-order valence-corrected chi connectivity index (χ1v) is 8.08. The smallest absolute Gasteiger partial charge is 0.254 e. The van der Waals surface area contributed by atoms with Crippen LogP contribution in [-0.4, -0.2) is 21.7 Å². The summed E-state index contributed by atoms with van der Waals surface area (Å²) in [5, 5.41) is 7.45. The number of carbonyl (C=O) groups is 1. The largest absolute Gasteiger partial charge is 0.349 e. The lowest BCUT2D eigenvalue weighted by molar-refractivity contribution is 0.0921. The molecule has 2 aromatic rings. The highest BCUT2D eigenvalue weighted by molar-refractivity contribution is 5.93. The molecule has 1 saturated carbocycles. The molecule has 1 N–H and O–H groups in total. The van der Waals surface area contributed by atoms with E-state index in [9.17, 15) is 4.79 Å². The molecular weight excluding hydrogens is 274 g/mol. The van der Waals surface area contributed by atoms with E-state index in [4.69, 9.17) is 0 Å². The molecule has 1 aliphatic carbocycles. The van der Waals surface area contributed by atoms with Crippen molar-refractivity contribution in [1.29, 1.82) is 0 Å². The fourth-order valence-electron chi connectivity index (χ4n) is 3.17. The van der Waals surface area contributed by atoms with E-state index in [1.54, 1.807) is 6.20 Å². The summed E-state index contributed by atoms with van der Waals surface area (Å²) in [5.74, 6) is 0.707. The number of carbonyl (C=O) groups excluding carboxylic acids is 1. The second-order valence-corrected chi connectivity index (χ2v) is 6.35. The Bertz CT molecular complexity index is 620. The summed E-state index contributed by atoms with van der Waals surface area (Å²) in [6, 6.07) is 10.5. The summed E-state index contributed by atoms with van der Waals surface area (Å²) in [4.78, 5) is 12.3. The minimum absolute atomic E-state index is 0.00147. The van der Waals surface area contributed by atoms with Crippen molar-refractivity contribution in [1.82, 2.24) is 15.1 Å². The van der Waals surface area contributed by atoms with Crippen molar-refractivity contribution in [3.8, 4) is 0 Å². The highest BCUT2D eigenvalue weighted by Crippen LogP contribution is 2.23. The van der Waals surface area contributed by atoms with Crippen LogP contribution in [0.1, 0.15) is 48.5 Å². The van der Waals surface area contributed by atoms with Crippen molar-refractivity contribution in [2.24, 2.45) is 5.92 Å². The van der Waals surface area contributed by atoms with Crippen LogP contribution in [0.3, 0.4) is 0 Å². The van der Waals surface area contributed by atoms with Gasteiger partial charge in [0.25, 0.3) is 5.91 Å². The second-order valence-electron chi connectivity index (χ2n) is 6.35. The normalized spacial score (nSPS) is 21.5. The Morgan fingerprint density at radius 2 is 2.14 bits per heavy atom. The fourth-order valence-corrected chi connectivity index (χ4v) is 3.17. The lowest BCUT2D eigenvalue weighted by Crippen LogP contribution is -2.37. The molecule has 116 valence electrons. The van der Waals surface area contributed by atoms with Crippen molar-refractivity contribution in [3.63, 3.8) is 0 Å². The number of amides is 1. The van der Waals surface area contributed by atoms with E-state index in [2.05, 4.69) is 29.5 Å². The van der Waals surface area contributed by atoms with Gasteiger partial charge in [0.05, 0.1) is 18.3 Å². The summed E-state index contributed by atoms with van der Waals surface area (Å²) in [6.07, 6.45) is 8.15. The van der Waals surface area contributed by atoms with Gasteiger partial charge in [0.1, 0.15) is 0 Å². The Kier molecular flexibility index (Phi) is 4.56. The maximum absolute atomic E-state index is 12.3. The first kappa shape index (κ1) is 14.8. The molecule has 4 heteroatoms. The van der Waals surface area contributed by atoms with Crippen LogP contribution in [0.2, 0.25) is 0 Å². The van der Waals surface area contributed by atoms with Gasteiger partial charge in [-0.25, -0.2) is 0 Å². The molecule has 1 aromatic carbocycles. The van der Waals surface area contributed by atoms with Gasteiger partial charge in [0.15, 0.2) is 0 Å². The van der Waals surface area contributed by atoms with Crippen LogP contribution in [0.15, 0.2) is 42.7 Å². The molecule has 2 atom stereocenters. The summed E-state index contributed by atoms with van der Waals surface area (Å²) in [5.41, 5.74) is 1.83. The average molecular weight is 297 g/mol. The highest BCUT2D eigenvalue weighted by atomic mass is 16.1. The SMILES string of the molecule is CC1CCCC(NC(=O)c2cnn(Cc3ccccc3)c2)C1. The molecule has 0 bridgehead atoms. The van der Waals surface area contributed by atoms with Crippen LogP contribution in [0, 0.1) is 5.92 Å². The summed E-state index contributed by atoms with van der Waals surface area (Å²) in [6.45, 7) is 2.95. The molecule has 1 fully saturated rings. The number of hydrogen-bond acceptors (Lipinski definition) is 2. The third-order valence-corrected chi connectivity index (χ3v) is 4.35. The number of benzene rings is 1. The molecule has 0 spiro atoms. The lowest BCUT2D eigenvalue weighted by Gasteiger charge is -2.27. The molecule has 4 nitrogen and oxygen atoms in total. The third kappa shape index (κ3) is 3.75. The molecular formula is C18H23N3O. The molecule has 3 rings (SSSR count). The molecule has 1 heterocycles. The number of hydrogen-bond donors (Lipinski definition) is 1. The summed E-state index contributed by atoms with van der Waals surface area (Å²) in [7, 11) is 0. The zero-order valence-corrected chi connectivity index (χ0v) is 13.0. The van der Waals surface area contributed by atoms with E-state index in [0.29, 0.717) is 24.1 Å². The van der Waals surface area contributed by atoms with Crippen molar-refractivity contribution in [2.45, 2.75) is 45.2 Å². The van der Waals surface area contributed by atoms with Crippen LogP contribution in [0.25, 0.3) is 0 Å². The van der Waals surface area contributed by atoms with Gasteiger partial charge in [0, 0.05) is 12.2 Å². The topological polar surface area (TPSA) is 46.9 Å². The van der Waals surface area contributed by atoms with Gasteiger partial charge < -0.3 is 5.32 Å². The molecule has 1 aromatic heterocycles. The van der Waals surface area contributed by atoms with Crippen LogP contribution in [0.5, 0.6) is 0 Å². The predicted molar refractivity (Wildman–Crippen MR) is 86.7 cm³/mol. The second kappa shape index (κ2) is 6.77. The van der Waals surface area contributed by atoms with Crippen LogP contribution in [0.4, 0.5) is 0 Å². The van der Waals surface area contributed by atoms with Crippen LogP contribution < -0.4 is 5.32 Å². The Morgan fingerprint density at radius 1 is 1.32 bits per heavy atom. The Morgan fingerprint density at radius 3 is 2.91 bits per heavy atom. The first-order chi connectivity index (χ1) is 10.7. The Balaban J connectivity index is 1.59. The number of nitrogens with one attached hydrogen (secondary N) is 1. The van der Waals surface area contributed by atoms with Crippen molar-refractivity contribution in [3.05, 3.63) is 53.9 Å². The van der Waals surface area contributed by atoms with E-state index >= 15 is 0 Å². The van der Waals surface area contributed by atoms with E-state index in [-0.39, 0.29) is 5.91 Å². The fraction of sp³-hybridized carbons (Fsp3) is 0.444. The summed E-state index contributed by atoms with van der Waals surface area (Å²) < 4.78 is 1.81. The minimum atomic E-state index is -0.00147. The average Bonchev–Trinajstić information content (AvgIpc) is 2.97. The minimum Gasteiger partial charge on any atom is -0.349 e. The van der Waals surface area contributed by atoms with E-state index < -0.39 is 0 Å². The molecule has 0 radical (unpaired) electrons. The van der Waals surface area contributed by atoms with Gasteiger partial charge in [-0.2, -0.15) is 5.10 Å². The van der Waals surface area contributed by atoms with Crippen molar-refractivity contribution < 1.29 is 4.79 Å². The number of aromatic nitrogens is 2. The van der Waals surface area contributed by atoms with Crippen molar-refractivity contribution >= 4 is 5.91 Å². The molecule has 1 aliphatic rings. The van der Waals surface area contributed by atoms with Crippen LogP contribution >= 0.6 is 0 Å². The first-order valence-electron chi connectivity index (χ1n) is 8.08. The lowest BCUT2D eigenvalue weighted by atomic mass is 9.87. The standard InChI is InChI=1S/C18H23N3O/c1-14-6-5-9-17(10-14)20-18(22)16-11-19-21(13-16)12-15-7-3-2-4-8-15/h2-4,7-8,11,13-14,17H,5-6,9-10,12H2,1H3,(H,20,22). The van der Waals surface area contributed by atoms with Gasteiger partial charge in [-0.1, -0.05) is 50.1 Å². The Hall–Kier alpha value is -2.10. The van der Waals surface area contributed by atoms with Gasteiger partial charge in [0.2, 0.25) is 0 Å². The highest BCUT2D eigenvalue weighted by Gasteiger charge is 2.21. The molecule has 0 aliphatic heterocycles. The maximum atomic E-state index is 12.3. The quantitative estimate of drug-likeness (QED) is 0.941. The Labute approximate surface area is 131 Å². The molecule has 1 amide bonds. The maximum Gasteiger partial charge on any atom is 0.254 e. The zero-order chi connectivity index (χ0) is 15.4. The van der Waals surface area contributed by atoms with Gasteiger partial charge >= 0.3 is 0 Å². The monoisotopic (exact) mass is 297 g/mol. The van der Waals surface area contributed by atoms with Crippen molar-refractivity contribution in [2.75, 3.05) is 0 Å². The zero-order valence-electron chi connectivity index (χ0n) is 13.0. The van der Waals surface area contributed by atoms with Crippen LogP contribution in [-0.2, 0) is 6.54 Å².